The summed E-state index contributed by atoms with van der Waals surface area (Å²) in [7, 11) is 0. The van der Waals surface area contributed by atoms with E-state index >= 15 is 0 Å². The Morgan fingerprint density at radius 3 is 2.88 bits per heavy atom. The SMILES string of the molecule is C/C=C/CCN1CCCN2CCCCC2C1. The van der Waals surface area contributed by atoms with E-state index < -0.39 is 0 Å². The van der Waals surface area contributed by atoms with E-state index in [1.165, 1.54) is 64.8 Å². The second-order valence-electron chi connectivity index (χ2n) is 5.20. The average Bonchev–Trinajstić information content (AvgIpc) is 2.51. The van der Waals surface area contributed by atoms with Gasteiger partial charge in [-0.05, 0) is 52.2 Å². The van der Waals surface area contributed by atoms with Crippen LogP contribution >= 0.6 is 0 Å². The molecule has 0 bridgehead atoms. The lowest BCUT2D eigenvalue weighted by Crippen LogP contribution is -2.44. The Bertz CT molecular complexity index is 225. The molecule has 2 aliphatic heterocycles. The van der Waals surface area contributed by atoms with Crippen LogP contribution in [0.2, 0.25) is 0 Å². The summed E-state index contributed by atoms with van der Waals surface area (Å²) in [5.41, 5.74) is 0. The molecule has 0 aromatic carbocycles. The molecule has 1 unspecified atom stereocenters. The quantitative estimate of drug-likeness (QED) is 0.677. The normalized spacial score (nSPS) is 29.2. The van der Waals surface area contributed by atoms with Crippen molar-refractivity contribution in [2.24, 2.45) is 0 Å². The Balaban J connectivity index is 1.82. The Morgan fingerprint density at radius 2 is 2.00 bits per heavy atom. The van der Waals surface area contributed by atoms with E-state index in [1.54, 1.807) is 0 Å². The molecule has 0 saturated carbocycles. The Labute approximate surface area is 100 Å². The summed E-state index contributed by atoms with van der Waals surface area (Å²) >= 11 is 0. The standard InChI is InChI=1S/C14H26N2/c1-2-3-5-9-15-10-7-12-16-11-6-4-8-14(16)13-15/h2-3,14H,4-13H2,1H3/b3-2+. The summed E-state index contributed by atoms with van der Waals surface area (Å²) in [5.74, 6) is 0. The molecule has 16 heavy (non-hydrogen) atoms. The highest BCUT2D eigenvalue weighted by Gasteiger charge is 2.26. The lowest BCUT2D eigenvalue weighted by molar-refractivity contribution is 0.137. The number of allylic oxidation sites excluding steroid dienone is 1. The fourth-order valence-corrected chi connectivity index (χ4v) is 3.07. The summed E-state index contributed by atoms with van der Waals surface area (Å²) in [6.45, 7) is 8.69. The Hall–Kier alpha value is -0.340. The molecule has 0 amide bonds. The van der Waals surface area contributed by atoms with Crippen molar-refractivity contribution < 1.29 is 0 Å². The van der Waals surface area contributed by atoms with Crippen LogP contribution in [0.25, 0.3) is 0 Å². The minimum Gasteiger partial charge on any atom is -0.301 e. The smallest absolute Gasteiger partial charge is 0.0223 e. The molecule has 0 aromatic heterocycles. The van der Waals surface area contributed by atoms with Gasteiger partial charge in [0, 0.05) is 19.1 Å². The molecule has 2 fully saturated rings. The predicted molar refractivity (Wildman–Crippen MR) is 69.7 cm³/mol. The van der Waals surface area contributed by atoms with Crippen molar-refractivity contribution >= 4 is 0 Å². The molecule has 2 rings (SSSR count). The van der Waals surface area contributed by atoms with Crippen LogP contribution in [0.3, 0.4) is 0 Å². The molecule has 2 nitrogen and oxygen atoms in total. The fraction of sp³-hybridized carbons (Fsp3) is 0.857. The van der Waals surface area contributed by atoms with Crippen molar-refractivity contribution in [2.75, 3.05) is 32.7 Å². The fourth-order valence-electron chi connectivity index (χ4n) is 3.07. The molecule has 0 radical (unpaired) electrons. The van der Waals surface area contributed by atoms with Crippen molar-refractivity contribution in [3.63, 3.8) is 0 Å². The summed E-state index contributed by atoms with van der Waals surface area (Å²) in [6, 6.07) is 0.863. The van der Waals surface area contributed by atoms with Crippen LogP contribution in [0, 0.1) is 0 Å². The van der Waals surface area contributed by atoms with E-state index in [1.807, 2.05) is 0 Å². The average molecular weight is 222 g/mol. The lowest BCUT2D eigenvalue weighted by atomic mass is 10.0. The number of piperidine rings is 1. The van der Waals surface area contributed by atoms with Crippen LogP contribution < -0.4 is 0 Å². The molecule has 1 atom stereocenters. The summed E-state index contributed by atoms with van der Waals surface area (Å²) in [6.07, 6.45) is 11.4. The number of nitrogens with zero attached hydrogens (tertiary/aromatic N) is 2. The van der Waals surface area contributed by atoms with Crippen LogP contribution in [0.4, 0.5) is 0 Å². The van der Waals surface area contributed by atoms with Gasteiger partial charge in [-0.15, -0.1) is 0 Å². The van der Waals surface area contributed by atoms with Gasteiger partial charge < -0.3 is 4.90 Å². The summed E-state index contributed by atoms with van der Waals surface area (Å²) in [5, 5.41) is 0. The van der Waals surface area contributed by atoms with Crippen molar-refractivity contribution in [3.8, 4) is 0 Å². The van der Waals surface area contributed by atoms with E-state index in [-0.39, 0.29) is 0 Å². The number of hydrogen-bond donors (Lipinski definition) is 0. The Morgan fingerprint density at radius 1 is 1.12 bits per heavy atom. The predicted octanol–water partition coefficient (Wildman–Crippen LogP) is 2.51. The third-order valence-corrected chi connectivity index (χ3v) is 3.99. The highest BCUT2D eigenvalue weighted by atomic mass is 15.2. The molecule has 2 aliphatic rings. The molecule has 0 N–H and O–H groups in total. The van der Waals surface area contributed by atoms with Gasteiger partial charge in [0.2, 0.25) is 0 Å². The van der Waals surface area contributed by atoms with Crippen LogP contribution in [-0.2, 0) is 0 Å². The first-order chi connectivity index (χ1) is 7.90. The largest absolute Gasteiger partial charge is 0.301 e. The first-order valence-corrected chi connectivity index (χ1v) is 6.97. The molecular formula is C14H26N2. The third kappa shape index (κ3) is 3.33. The number of hydrogen-bond acceptors (Lipinski definition) is 2. The third-order valence-electron chi connectivity index (χ3n) is 3.99. The minimum atomic E-state index is 0.863. The van der Waals surface area contributed by atoms with Crippen LogP contribution in [0.1, 0.15) is 39.0 Å². The number of rotatable bonds is 3. The van der Waals surface area contributed by atoms with Gasteiger partial charge in [-0.2, -0.15) is 0 Å². The molecule has 92 valence electrons. The maximum Gasteiger partial charge on any atom is 0.0223 e. The van der Waals surface area contributed by atoms with Crippen LogP contribution in [-0.4, -0.2) is 48.6 Å². The van der Waals surface area contributed by atoms with Crippen molar-refractivity contribution in [3.05, 3.63) is 12.2 Å². The van der Waals surface area contributed by atoms with E-state index in [0.717, 1.165) is 6.04 Å². The highest BCUT2D eigenvalue weighted by molar-refractivity contribution is 4.85. The molecule has 2 heteroatoms. The van der Waals surface area contributed by atoms with Crippen LogP contribution in [0.5, 0.6) is 0 Å². The van der Waals surface area contributed by atoms with Crippen molar-refractivity contribution in [1.29, 1.82) is 0 Å². The summed E-state index contributed by atoms with van der Waals surface area (Å²) in [4.78, 5) is 5.41. The molecule has 0 spiro atoms. The number of fused-ring (bicyclic) bond motifs is 1. The molecular weight excluding hydrogens is 196 g/mol. The second-order valence-corrected chi connectivity index (χ2v) is 5.20. The van der Waals surface area contributed by atoms with E-state index in [4.69, 9.17) is 0 Å². The molecule has 0 aromatic rings. The van der Waals surface area contributed by atoms with E-state index in [9.17, 15) is 0 Å². The van der Waals surface area contributed by atoms with Gasteiger partial charge in [0.05, 0.1) is 0 Å². The van der Waals surface area contributed by atoms with E-state index in [0.29, 0.717) is 0 Å². The first kappa shape index (κ1) is 12.1. The molecule has 2 saturated heterocycles. The van der Waals surface area contributed by atoms with Crippen molar-refractivity contribution in [2.45, 2.75) is 45.1 Å². The van der Waals surface area contributed by atoms with Gasteiger partial charge in [0.25, 0.3) is 0 Å². The maximum atomic E-state index is 2.74. The first-order valence-electron chi connectivity index (χ1n) is 6.97. The second kappa shape index (κ2) is 6.41. The summed E-state index contributed by atoms with van der Waals surface area (Å²) < 4.78 is 0. The minimum absolute atomic E-state index is 0.863. The van der Waals surface area contributed by atoms with Gasteiger partial charge in [0.15, 0.2) is 0 Å². The van der Waals surface area contributed by atoms with Gasteiger partial charge in [0.1, 0.15) is 0 Å². The van der Waals surface area contributed by atoms with Gasteiger partial charge in [-0.25, -0.2) is 0 Å². The molecule has 2 heterocycles. The lowest BCUT2D eigenvalue weighted by Gasteiger charge is -2.35. The Kier molecular flexibility index (Phi) is 4.86. The molecule has 0 aliphatic carbocycles. The monoisotopic (exact) mass is 222 g/mol. The van der Waals surface area contributed by atoms with Gasteiger partial charge >= 0.3 is 0 Å². The zero-order chi connectivity index (χ0) is 11.2. The highest BCUT2D eigenvalue weighted by Crippen LogP contribution is 2.20. The van der Waals surface area contributed by atoms with E-state index in [2.05, 4.69) is 28.9 Å². The zero-order valence-corrected chi connectivity index (χ0v) is 10.7. The van der Waals surface area contributed by atoms with Gasteiger partial charge in [-0.1, -0.05) is 18.6 Å². The topological polar surface area (TPSA) is 6.48 Å². The van der Waals surface area contributed by atoms with Crippen LogP contribution in [0.15, 0.2) is 12.2 Å². The zero-order valence-electron chi connectivity index (χ0n) is 10.7. The van der Waals surface area contributed by atoms with Crippen molar-refractivity contribution in [1.82, 2.24) is 9.80 Å². The van der Waals surface area contributed by atoms with Gasteiger partial charge in [-0.3, -0.25) is 4.90 Å². The maximum absolute atomic E-state index is 2.74.